The van der Waals surface area contributed by atoms with Crippen molar-refractivity contribution < 1.29 is 8.42 Å². The van der Waals surface area contributed by atoms with Gasteiger partial charge in [0, 0.05) is 24.7 Å². The molecule has 2 aromatic heterocycles. The van der Waals surface area contributed by atoms with Crippen LogP contribution in [0.5, 0.6) is 0 Å². The molecule has 0 fully saturated rings. The van der Waals surface area contributed by atoms with E-state index in [0.717, 1.165) is 5.39 Å². The number of rotatable bonds is 8. The van der Waals surface area contributed by atoms with Crippen LogP contribution in [-0.4, -0.2) is 36.7 Å². The maximum Gasteiger partial charge on any atom is 0.241 e. The van der Waals surface area contributed by atoms with Gasteiger partial charge in [0.1, 0.15) is 11.6 Å². The Labute approximate surface area is 174 Å². The summed E-state index contributed by atoms with van der Waals surface area (Å²) in [5.74, 6) is 1.79. The average molecular weight is 420 g/mol. The van der Waals surface area contributed by atoms with Crippen molar-refractivity contribution in [1.29, 1.82) is 0 Å². The highest BCUT2D eigenvalue weighted by Crippen LogP contribution is 2.22. The van der Waals surface area contributed by atoms with E-state index in [9.17, 15) is 8.42 Å². The minimum absolute atomic E-state index is 0.209. The first-order chi connectivity index (χ1) is 14.6. The molecule has 2 heterocycles. The first kappa shape index (κ1) is 19.7. The SMILES string of the molecule is O=S(=O)(NCCNc1ccc(Nc2ccccn2)nn1)c1cccc2ccccc12. The summed E-state index contributed by atoms with van der Waals surface area (Å²) in [6.07, 6.45) is 1.69. The van der Waals surface area contributed by atoms with E-state index in [1.54, 1.807) is 36.5 Å². The Morgan fingerprint density at radius 1 is 0.733 bits per heavy atom. The van der Waals surface area contributed by atoms with E-state index < -0.39 is 10.0 Å². The normalized spacial score (nSPS) is 11.3. The first-order valence-electron chi connectivity index (χ1n) is 9.35. The second-order valence-electron chi connectivity index (χ2n) is 6.45. The Kier molecular flexibility index (Phi) is 5.82. The van der Waals surface area contributed by atoms with Crippen molar-refractivity contribution in [2.75, 3.05) is 23.7 Å². The lowest BCUT2D eigenvalue weighted by molar-refractivity contribution is 0.584. The molecular formula is C21H20N6O2S. The van der Waals surface area contributed by atoms with E-state index in [0.29, 0.717) is 29.4 Å². The molecule has 4 rings (SSSR count). The molecule has 9 heteroatoms. The van der Waals surface area contributed by atoms with Crippen molar-refractivity contribution in [3.8, 4) is 0 Å². The fourth-order valence-electron chi connectivity index (χ4n) is 2.94. The number of sulfonamides is 1. The lowest BCUT2D eigenvalue weighted by Crippen LogP contribution is -2.29. The summed E-state index contributed by atoms with van der Waals surface area (Å²) in [6.45, 7) is 0.576. The molecule has 0 radical (unpaired) electrons. The molecule has 0 aliphatic carbocycles. The quantitative estimate of drug-likeness (QED) is 0.376. The van der Waals surface area contributed by atoms with Crippen LogP contribution in [0.3, 0.4) is 0 Å². The fourth-order valence-corrected chi connectivity index (χ4v) is 4.20. The predicted octanol–water partition coefficient (Wildman–Crippen LogP) is 3.16. The maximum absolute atomic E-state index is 12.7. The summed E-state index contributed by atoms with van der Waals surface area (Å²) >= 11 is 0. The topological polar surface area (TPSA) is 109 Å². The number of fused-ring (bicyclic) bond motifs is 1. The molecule has 30 heavy (non-hydrogen) atoms. The highest BCUT2D eigenvalue weighted by Gasteiger charge is 2.16. The molecule has 0 bridgehead atoms. The van der Waals surface area contributed by atoms with Crippen LogP contribution < -0.4 is 15.4 Å². The highest BCUT2D eigenvalue weighted by molar-refractivity contribution is 7.89. The third kappa shape index (κ3) is 4.70. The summed E-state index contributed by atoms with van der Waals surface area (Å²) in [5.41, 5.74) is 0. The van der Waals surface area contributed by atoms with Gasteiger partial charge < -0.3 is 10.6 Å². The monoisotopic (exact) mass is 420 g/mol. The Balaban J connectivity index is 1.32. The van der Waals surface area contributed by atoms with Crippen LogP contribution >= 0.6 is 0 Å². The number of pyridine rings is 1. The summed E-state index contributed by atoms with van der Waals surface area (Å²) in [6, 6.07) is 21.7. The molecular weight excluding hydrogens is 400 g/mol. The smallest absolute Gasteiger partial charge is 0.241 e. The minimum atomic E-state index is -3.63. The van der Waals surface area contributed by atoms with Gasteiger partial charge >= 0.3 is 0 Å². The van der Waals surface area contributed by atoms with Crippen LogP contribution in [0, 0.1) is 0 Å². The summed E-state index contributed by atoms with van der Waals surface area (Å²) in [4.78, 5) is 4.43. The van der Waals surface area contributed by atoms with Crippen LogP contribution in [0.15, 0.2) is 83.9 Å². The molecule has 0 atom stereocenters. The summed E-state index contributed by atoms with van der Waals surface area (Å²) in [5, 5.41) is 15.8. The lowest BCUT2D eigenvalue weighted by Gasteiger charge is -2.10. The number of nitrogens with zero attached hydrogens (tertiary/aromatic N) is 3. The first-order valence-corrected chi connectivity index (χ1v) is 10.8. The van der Waals surface area contributed by atoms with E-state index in [1.807, 2.05) is 42.5 Å². The molecule has 0 saturated carbocycles. The summed E-state index contributed by atoms with van der Waals surface area (Å²) in [7, 11) is -3.63. The molecule has 4 aromatic rings. The van der Waals surface area contributed by atoms with Crippen LogP contribution in [0.1, 0.15) is 0 Å². The van der Waals surface area contributed by atoms with Crippen molar-refractivity contribution in [2.45, 2.75) is 4.90 Å². The molecule has 152 valence electrons. The second kappa shape index (κ2) is 8.85. The van der Waals surface area contributed by atoms with Gasteiger partial charge in [0.15, 0.2) is 5.82 Å². The largest absolute Gasteiger partial charge is 0.367 e. The average Bonchev–Trinajstić information content (AvgIpc) is 2.78. The van der Waals surface area contributed by atoms with Crippen molar-refractivity contribution in [3.05, 3.63) is 79.0 Å². The van der Waals surface area contributed by atoms with Crippen molar-refractivity contribution in [3.63, 3.8) is 0 Å². The number of hydrogen-bond acceptors (Lipinski definition) is 7. The Bertz CT molecular complexity index is 1230. The fraction of sp³-hybridized carbons (Fsp3) is 0.0952. The number of hydrogen-bond donors (Lipinski definition) is 3. The van der Waals surface area contributed by atoms with Crippen molar-refractivity contribution in [2.24, 2.45) is 0 Å². The molecule has 0 spiro atoms. The Morgan fingerprint density at radius 3 is 2.30 bits per heavy atom. The van der Waals surface area contributed by atoms with Crippen LogP contribution in [0.25, 0.3) is 10.8 Å². The number of benzene rings is 2. The standard InChI is InChI=1S/C21H20N6O2S/c28-30(29,18-9-5-7-16-6-1-2-8-17(16)18)24-15-14-23-20-11-12-21(27-26-20)25-19-10-3-4-13-22-19/h1-13,24H,14-15H2,(H,23,26)(H,22,25,27). The third-order valence-electron chi connectivity index (χ3n) is 4.35. The Hall–Kier alpha value is -3.56. The van der Waals surface area contributed by atoms with Gasteiger partial charge in [-0.25, -0.2) is 18.1 Å². The molecule has 3 N–H and O–H groups in total. The lowest BCUT2D eigenvalue weighted by atomic mass is 10.1. The van der Waals surface area contributed by atoms with Gasteiger partial charge in [-0.2, -0.15) is 0 Å². The van der Waals surface area contributed by atoms with E-state index in [-0.39, 0.29) is 11.4 Å². The van der Waals surface area contributed by atoms with Gasteiger partial charge in [0.2, 0.25) is 10.0 Å². The molecule has 0 unspecified atom stereocenters. The van der Waals surface area contributed by atoms with Gasteiger partial charge in [-0.15, -0.1) is 10.2 Å². The van der Waals surface area contributed by atoms with Crippen LogP contribution in [0.2, 0.25) is 0 Å². The van der Waals surface area contributed by atoms with E-state index in [4.69, 9.17) is 0 Å². The molecule has 0 aliphatic heterocycles. The van der Waals surface area contributed by atoms with Crippen molar-refractivity contribution >= 4 is 38.2 Å². The number of aromatic nitrogens is 3. The Morgan fingerprint density at radius 2 is 1.50 bits per heavy atom. The molecule has 0 saturated heterocycles. The number of anilines is 3. The van der Waals surface area contributed by atoms with Gasteiger partial charge in [0.25, 0.3) is 0 Å². The zero-order chi connectivity index (χ0) is 20.8. The van der Waals surface area contributed by atoms with E-state index in [1.165, 1.54) is 0 Å². The van der Waals surface area contributed by atoms with Crippen molar-refractivity contribution in [1.82, 2.24) is 19.9 Å². The van der Waals surface area contributed by atoms with Gasteiger partial charge in [-0.1, -0.05) is 42.5 Å². The van der Waals surface area contributed by atoms with Gasteiger partial charge in [-0.05, 0) is 35.7 Å². The second-order valence-corrected chi connectivity index (χ2v) is 8.18. The zero-order valence-electron chi connectivity index (χ0n) is 16.0. The zero-order valence-corrected chi connectivity index (χ0v) is 16.8. The molecule has 0 aliphatic rings. The van der Waals surface area contributed by atoms with Crippen LogP contribution in [0.4, 0.5) is 17.5 Å². The van der Waals surface area contributed by atoms with Gasteiger partial charge in [0.05, 0.1) is 4.90 Å². The summed E-state index contributed by atoms with van der Waals surface area (Å²) < 4.78 is 28.0. The predicted molar refractivity (Wildman–Crippen MR) is 117 cm³/mol. The molecule has 8 nitrogen and oxygen atoms in total. The maximum atomic E-state index is 12.7. The van der Waals surface area contributed by atoms with E-state index in [2.05, 4.69) is 30.5 Å². The van der Waals surface area contributed by atoms with Crippen LogP contribution in [-0.2, 0) is 10.0 Å². The molecule has 2 aromatic carbocycles. The van der Waals surface area contributed by atoms with E-state index >= 15 is 0 Å². The third-order valence-corrected chi connectivity index (χ3v) is 5.87. The minimum Gasteiger partial charge on any atom is -0.367 e. The highest BCUT2D eigenvalue weighted by atomic mass is 32.2. The number of nitrogens with one attached hydrogen (secondary N) is 3. The molecule has 0 amide bonds. The van der Waals surface area contributed by atoms with Gasteiger partial charge in [-0.3, -0.25) is 0 Å².